The van der Waals surface area contributed by atoms with Crippen molar-refractivity contribution in [3.63, 3.8) is 0 Å². The Hall–Kier alpha value is -1.82. The van der Waals surface area contributed by atoms with E-state index in [1.165, 1.54) is 12.8 Å². The molecule has 1 unspecified atom stereocenters. The maximum Gasteiger partial charge on any atom is 0.278 e. The van der Waals surface area contributed by atoms with Gasteiger partial charge in [-0.15, -0.1) is 0 Å². The van der Waals surface area contributed by atoms with Crippen LogP contribution in [0, 0.1) is 12.8 Å². The van der Waals surface area contributed by atoms with Gasteiger partial charge in [0, 0.05) is 12.6 Å². The molecule has 0 radical (unpaired) electrons. The summed E-state index contributed by atoms with van der Waals surface area (Å²) in [4.78, 5) is 12.8. The largest absolute Gasteiger partial charge is 0.332 e. The summed E-state index contributed by atoms with van der Waals surface area (Å²) < 4.78 is 5.25. The van der Waals surface area contributed by atoms with Crippen LogP contribution in [-0.2, 0) is 6.42 Å². The Balaban J connectivity index is 1.70. The minimum atomic E-state index is 0.450. The summed E-state index contributed by atoms with van der Waals surface area (Å²) in [5, 5.41) is 7.42. The zero-order valence-electron chi connectivity index (χ0n) is 11.0. The van der Waals surface area contributed by atoms with Crippen LogP contribution in [0.4, 0.5) is 0 Å². The molecule has 2 aromatic rings. The molecule has 0 aromatic carbocycles. The fourth-order valence-corrected chi connectivity index (χ4v) is 2.30. The number of aromatic nitrogens is 4. The average Bonchev–Trinajstić information content (AvgIpc) is 2.89. The van der Waals surface area contributed by atoms with Crippen LogP contribution in [0.2, 0.25) is 0 Å². The number of hydrogen-bond acceptors (Lipinski definition) is 6. The summed E-state index contributed by atoms with van der Waals surface area (Å²) in [6.45, 7) is 4.05. The Morgan fingerprint density at radius 3 is 3.05 bits per heavy atom. The van der Waals surface area contributed by atoms with Crippen LogP contribution >= 0.6 is 0 Å². The summed E-state index contributed by atoms with van der Waals surface area (Å²) in [6, 6.07) is 0. The molecule has 1 aliphatic rings. The monoisotopic (exact) mass is 259 g/mol. The fraction of sp³-hybridized carbons (Fsp3) is 0.538. The van der Waals surface area contributed by atoms with Crippen LogP contribution in [0.3, 0.4) is 0 Å². The molecule has 1 fully saturated rings. The summed E-state index contributed by atoms with van der Waals surface area (Å²) in [5.74, 6) is 1.81. The highest BCUT2D eigenvalue weighted by Crippen LogP contribution is 2.17. The van der Waals surface area contributed by atoms with E-state index in [0.29, 0.717) is 17.5 Å². The average molecular weight is 259 g/mol. The maximum absolute atomic E-state index is 5.25. The lowest BCUT2D eigenvalue weighted by Gasteiger charge is -2.20. The second-order valence-electron chi connectivity index (χ2n) is 4.98. The van der Waals surface area contributed by atoms with Crippen LogP contribution < -0.4 is 5.32 Å². The molecule has 0 saturated carbocycles. The molecule has 6 nitrogen and oxygen atoms in total. The van der Waals surface area contributed by atoms with Gasteiger partial charge < -0.3 is 9.84 Å². The first kappa shape index (κ1) is 12.2. The molecule has 0 bridgehead atoms. The Morgan fingerprint density at radius 2 is 2.32 bits per heavy atom. The third-order valence-corrected chi connectivity index (χ3v) is 3.34. The maximum atomic E-state index is 5.25. The van der Waals surface area contributed by atoms with E-state index in [1.807, 2.05) is 6.92 Å². The van der Waals surface area contributed by atoms with Crippen molar-refractivity contribution in [3.8, 4) is 11.6 Å². The van der Waals surface area contributed by atoms with Crippen molar-refractivity contribution in [1.82, 2.24) is 25.4 Å². The van der Waals surface area contributed by atoms with Crippen molar-refractivity contribution in [1.29, 1.82) is 0 Å². The van der Waals surface area contributed by atoms with Crippen LogP contribution in [-0.4, -0.2) is 33.2 Å². The number of aryl methyl sites for hydroxylation is 1. The first-order valence-corrected chi connectivity index (χ1v) is 6.63. The summed E-state index contributed by atoms with van der Waals surface area (Å²) in [7, 11) is 0. The molecule has 3 heterocycles. The van der Waals surface area contributed by atoms with Crippen LogP contribution in [0.5, 0.6) is 0 Å². The molecule has 1 aliphatic heterocycles. The third kappa shape index (κ3) is 2.96. The molecule has 2 aromatic heterocycles. The lowest BCUT2D eigenvalue weighted by molar-refractivity contribution is 0.359. The molecule has 100 valence electrons. The first-order valence-electron chi connectivity index (χ1n) is 6.63. The molecular weight excluding hydrogens is 242 g/mol. The van der Waals surface area contributed by atoms with Gasteiger partial charge in [0.05, 0.1) is 11.9 Å². The van der Waals surface area contributed by atoms with E-state index in [-0.39, 0.29) is 0 Å². The highest BCUT2D eigenvalue weighted by molar-refractivity contribution is 5.43. The second kappa shape index (κ2) is 5.44. The predicted octanol–water partition coefficient (Wildman–Crippen LogP) is 1.38. The van der Waals surface area contributed by atoms with E-state index >= 15 is 0 Å². The third-order valence-electron chi connectivity index (χ3n) is 3.34. The summed E-state index contributed by atoms with van der Waals surface area (Å²) in [5.41, 5.74) is 1.50. The van der Waals surface area contributed by atoms with Gasteiger partial charge in [-0.3, -0.25) is 4.98 Å². The van der Waals surface area contributed by atoms with Crippen molar-refractivity contribution in [2.45, 2.75) is 26.2 Å². The van der Waals surface area contributed by atoms with Gasteiger partial charge in [0.15, 0.2) is 5.82 Å². The SMILES string of the molecule is Cc1cnc(-c2nc(CC3CCCNC3)no2)cn1. The normalized spacial score (nSPS) is 19.5. The van der Waals surface area contributed by atoms with E-state index in [2.05, 4.69) is 25.4 Å². The molecule has 1 atom stereocenters. The van der Waals surface area contributed by atoms with Crippen LogP contribution in [0.25, 0.3) is 11.6 Å². The smallest absolute Gasteiger partial charge is 0.278 e. The van der Waals surface area contributed by atoms with E-state index in [9.17, 15) is 0 Å². The lowest BCUT2D eigenvalue weighted by atomic mass is 9.96. The Morgan fingerprint density at radius 1 is 1.37 bits per heavy atom. The molecule has 0 amide bonds. The molecule has 1 saturated heterocycles. The zero-order chi connectivity index (χ0) is 13.1. The van der Waals surface area contributed by atoms with E-state index < -0.39 is 0 Å². The molecule has 19 heavy (non-hydrogen) atoms. The quantitative estimate of drug-likeness (QED) is 0.897. The Kier molecular flexibility index (Phi) is 3.50. The van der Waals surface area contributed by atoms with Crippen molar-refractivity contribution < 1.29 is 4.52 Å². The number of nitrogens with zero attached hydrogens (tertiary/aromatic N) is 4. The van der Waals surface area contributed by atoms with Crippen molar-refractivity contribution in [2.24, 2.45) is 5.92 Å². The molecule has 1 N–H and O–H groups in total. The highest BCUT2D eigenvalue weighted by Gasteiger charge is 2.17. The van der Waals surface area contributed by atoms with E-state index in [4.69, 9.17) is 4.52 Å². The van der Waals surface area contributed by atoms with Crippen molar-refractivity contribution in [3.05, 3.63) is 23.9 Å². The standard InChI is InChI=1S/C13H17N5O/c1-9-6-16-11(8-15-9)13-17-12(18-19-13)5-10-3-2-4-14-7-10/h6,8,10,14H,2-5,7H2,1H3. The molecule has 6 heteroatoms. The van der Waals surface area contributed by atoms with Gasteiger partial charge in [-0.1, -0.05) is 5.16 Å². The minimum Gasteiger partial charge on any atom is -0.332 e. The van der Waals surface area contributed by atoms with Crippen molar-refractivity contribution in [2.75, 3.05) is 13.1 Å². The molecule has 3 rings (SSSR count). The fourth-order valence-electron chi connectivity index (χ4n) is 2.30. The van der Waals surface area contributed by atoms with Gasteiger partial charge in [0.25, 0.3) is 5.89 Å². The van der Waals surface area contributed by atoms with Gasteiger partial charge in [0.2, 0.25) is 0 Å². The number of rotatable bonds is 3. The highest BCUT2D eigenvalue weighted by atomic mass is 16.5. The second-order valence-corrected chi connectivity index (χ2v) is 4.98. The summed E-state index contributed by atoms with van der Waals surface area (Å²) in [6.07, 6.45) is 6.66. The topological polar surface area (TPSA) is 76.7 Å². The first-order chi connectivity index (χ1) is 9.31. The van der Waals surface area contributed by atoms with Crippen molar-refractivity contribution >= 4 is 0 Å². The number of hydrogen-bond donors (Lipinski definition) is 1. The molecule has 0 spiro atoms. The van der Waals surface area contributed by atoms with Gasteiger partial charge in [-0.2, -0.15) is 4.98 Å². The zero-order valence-corrected chi connectivity index (χ0v) is 11.0. The van der Waals surface area contributed by atoms with Crippen LogP contribution in [0.1, 0.15) is 24.4 Å². The number of nitrogens with one attached hydrogen (secondary N) is 1. The van der Waals surface area contributed by atoms with Gasteiger partial charge in [0.1, 0.15) is 5.69 Å². The Bertz CT molecular complexity index is 530. The number of piperidine rings is 1. The lowest BCUT2D eigenvalue weighted by Crippen LogP contribution is -2.31. The minimum absolute atomic E-state index is 0.450. The Labute approximate surface area is 111 Å². The van der Waals surface area contributed by atoms with Gasteiger partial charge in [-0.25, -0.2) is 4.98 Å². The van der Waals surface area contributed by atoms with E-state index in [0.717, 1.165) is 31.0 Å². The molecule has 0 aliphatic carbocycles. The van der Waals surface area contributed by atoms with E-state index in [1.54, 1.807) is 12.4 Å². The molecular formula is C13H17N5O. The predicted molar refractivity (Wildman–Crippen MR) is 69.4 cm³/mol. The van der Waals surface area contributed by atoms with Crippen LogP contribution in [0.15, 0.2) is 16.9 Å². The summed E-state index contributed by atoms with van der Waals surface area (Å²) >= 11 is 0. The van der Waals surface area contributed by atoms with Gasteiger partial charge >= 0.3 is 0 Å². The van der Waals surface area contributed by atoms with Gasteiger partial charge in [-0.05, 0) is 38.8 Å².